The van der Waals surface area contributed by atoms with E-state index in [9.17, 15) is 9.59 Å². The molecule has 0 aromatic heterocycles. The first-order chi connectivity index (χ1) is 13.4. The summed E-state index contributed by atoms with van der Waals surface area (Å²) in [5.74, 6) is 0.573. The van der Waals surface area contributed by atoms with Gasteiger partial charge in [0, 0.05) is 26.2 Å². The smallest absolute Gasteiger partial charge is 0.253 e. The van der Waals surface area contributed by atoms with E-state index >= 15 is 0 Å². The molecule has 154 valence electrons. The fourth-order valence-electron chi connectivity index (χ4n) is 4.29. The van der Waals surface area contributed by atoms with E-state index in [1.54, 1.807) is 4.90 Å². The summed E-state index contributed by atoms with van der Waals surface area (Å²) in [5.41, 5.74) is 1.11. The van der Waals surface area contributed by atoms with E-state index in [1.807, 2.05) is 38.1 Å². The van der Waals surface area contributed by atoms with Crippen LogP contribution in [0.25, 0.3) is 0 Å². The SMILES string of the molecule is CCNC(=O)[C@H](C)N1C(=O)C2(CCN(C[C@H](C)CC)CC2)Nc2ccccc21. The van der Waals surface area contributed by atoms with Crippen LogP contribution in [0.2, 0.25) is 0 Å². The van der Waals surface area contributed by atoms with Crippen LogP contribution in [0.4, 0.5) is 11.4 Å². The monoisotopic (exact) mass is 386 g/mol. The Morgan fingerprint density at radius 2 is 1.89 bits per heavy atom. The van der Waals surface area contributed by atoms with E-state index in [-0.39, 0.29) is 11.8 Å². The molecule has 2 N–H and O–H groups in total. The molecule has 1 fully saturated rings. The van der Waals surface area contributed by atoms with Gasteiger partial charge in [0.25, 0.3) is 5.91 Å². The first-order valence-electron chi connectivity index (χ1n) is 10.6. The van der Waals surface area contributed by atoms with Gasteiger partial charge >= 0.3 is 0 Å². The van der Waals surface area contributed by atoms with Crippen molar-refractivity contribution in [2.75, 3.05) is 36.4 Å². The average Bonchev–Trinajstić information content (AvgIpc) is 2.70. The van der Waals surface area contributed by atoms with Crippen molar-refractivity contribution in [1.82, 2.24) is 10.2 Å². The number of hydrogen-bond donors (Lipinski definition) is 2. The zero-order valence-corrected chi connectivity index (χ0v) is 17.6. The largest absolute Gasteiger partial charge is 0.369 e. The second-order valence-corrected chi connectivity index (χ2v) is 8.28. The molecule has 1 aromatic rings. The zero-order valence-electron chi connectivity index (χ0n) is 17.6. The molecule has 0 saturated carbocycles. The Morgan fingerprint density at radius 1 is 1.21 bits per heavy atom. The Balaban J connectivity index is 1.85. The zero-order chi connectivity index (χ0) is 20.3. The normalized spacial score (nSPS) is 21.0. The predicted octanol–water partition coefficient (Wildman–Crippen LogP) is 2.85. The second kappa shape index (κ2) is 8.52. The number of anilines is 2. The van der Waals surface area contributed by atoms with E-state index < -0.39 is 11.6 Å². The molecule has 2 amide bonds. The van der Waals surface area contributed by atoms with Gasteiger partial charge in [0.2, 0.25) is 5.91 Å². The van der Waals surface area contributed by atoms with E-state index in [0.29, 0.717) is 12.5 Å². The second-order valence-electron chi connectivity index (χ2n) is 8.28. The topological polar surface area (TPSA) is 64.7 Å². The molecule has 0 radical (unpaired) electrons. The number of hydrogen-bond acceptors (Lipinski definition) is 4. The van der Waals surface area contributed by atoms with Crippen LogP contribution in [0, 0.1) is 5.92 Å². The lowest BCUT2D eigenvalue weighted by Gasteiger charge is -2.49. The van der Waals surface area contributed by atoms with Crippen LogP contribution in [-0.4, -0.2) is 54.5 Å². The van der Waals surface area contributed by atoms with Crippen molar-refractivity contribution in [2.24, 2.45) is 5.92 Å². The first-order valence-corrected chi connectivity index (χ1v) is 10.6. The van der Waals surface area contributed by atoms with E-state index in [4.69, 9.17) is 0 Å². The lowest BCUT2D eigenvalue weighted by molar-refractivity contribution is -0.129. The standard InChI is InChI=1S/C22H34N4O2/c1-5-16(3)15-25-13-11-22(12-14-25)21(28)26(17(4)20(27)23-6-2)19-10-8-7-9-18(19)24-22/h7-10,16-17,24H,5-6,11-15H2,1-4H3,(H,23,27)/t16-,17+/m1/s1. The van der Waals surface area contributed by atoms with Gasteiger partial charge in [-0.3, -0.25) is 14.5 Å². The number of nitrogens with one attached hydrogen (secondary N) is 2. The number of likely N-dealkylation sites (tertiary alicyclic amines) is 1. The number of piperidine rings is 1. The van der Waals surface area contributed by atoms with Crippen LogP contribution < -0.4 is 15.5 Å². The van der Waals surface area contributed by atoms with Crippen molar-refractivity contribution in [1.29, 1.82) is 0 Å². The molecule has 1 saturated heterocycles. The van der Waals surface area contributed by atoms with E-state index in [2.05, 4.69) is 29.4 Å². The third-order valence-electron chi connectivity index (χ3n) is 6.26. The van der Waals surface area contributed by atoms with Crippen molar-refractivity contribution in [3.8, 4) is 0 Å². The molecule has 6 heteroatoms. The Bertz CT molecular complexity index is 712. The summed E-state index contributed by atoms with van der Waals surface area (Å²) in [6.07, 6.45) is 2.69. The minimum atomic E-state index is -0.624. The van der Waals surface area contributed by atoms with Crippen molar-refractivity contribution in [3.63, 3.8) is 0 Å². The minimum Gasteiger partial charge on any atom is -0.369 e. The van der Waals surface area contributed by atoms with E-state index in [1.165, 1.54) is 6.42 Å². The molecular weight excluding hydrogens is 352 g/mol. The third kappa shape index (κ3) is 3.88. The number of para-hydroxylation sites is 2. The summed E-state index contributed by atoms with van der Waals surface area (Å²) in [7, 11) is 0. The highest BCUT2D eigenvalue weighted by molar-refractivity contribution is 6.11. The van der Waals surface area contributed by atoms with Gasteiger partial charge in [-0.25, -0.2) is 0 Å². The molecule has 2 aliphatic heterocycles. The van der Waals surface area contributed by atoms with Gasteiger partial charge in [-0.1, -0.05) is 32.4 Å². The van der Waals surface area contributed by atoms with Crippen LogP contribution in [0.1, 0.15) is 47.0 Å². The van der Waals surface area contributed by atoms with Crippen LogP contribution in [-0.2, 0) is 9.59 Å². The molecule has 28 heavy (non-hydrogen) atoms. The fourth-order valence-corrected chi connectivity index (χ4v) is 4.29. The van der Waals surface area contributed by atoms with Gasteiger partial charge in [0.1, 0.15) is 11.6 Å². The van der Waals surface area contributed by atoms with Crippen molar-refractivity contribution in [3.05, 3.63) is 24.3 Å². The molecule has 2 heterocycles. The Labute approximate surface area is 168 Å². The van der Waals surface area contributed by atoms with Crippen LogP contribution >= 0.6 is 0 Å². The Morgan fingerprint density at radius 3 is 2.54 bits per heavy atom. The van der Waals surface area contributed by atoms with Crippen molar-refractivity contribution >= 4 is 23.2 Å². The molecule has 0 unspecified atom stereocenters. The lowest BCUT2D eigenvalue weighted by atomic mass is 9.82. The van der Waals surface area contributed by atoms with Gasteiger partial charge < -0.3 is 15.5 Å². The minimum absolute atomic E-state index is 0.0214. The highest BCUT2D eigenvalue weighted by atomic mass is 16.2. The Hall–Kier alpha value is -2.08. The molecule has 1 aromatic carbocycles. The van der Waals surface area contributed by atoms with Gasteiger partial charge in [0.15, 0.2) is 0 Å². The maximum absolute atomic E-state index is 13.7. The van der Waals surface area contributed by atoms with E-state index in [0.717, 1.165) is 43.9 Å². The summed E-state index contributed by atoms with van der Waals surface area (Å²) < 4.78 is 0. The molecule has 3 rings (SSSR count). The van der Waals surface area contributed by atoms with Crippen LogP contribution in [0.3, 0.4) is 0 Å². The number of nitrogens with zero attached hydrogens (tertiary/aromatic N) is 2. The van der Waals surface area contributed by atoms with Crippen molar-refractivity contribution in [2.45, 2.75) is 58.5 Å². The summed E-state index contributed by atoms with van der Waals surface area (Å²) in [6.45, 7) is 11.6. The molecule has 2 atom stereocenters. The summed E-state index contributed by atoms with van der Waals surface area (Å²) >= 11 is 0. The quantitative estimate of drug-likeness (QED) is 0.789. The van der Waals surface area contributed by atoms with Gasteiger partial charge in [-0.2, -0.15) is 0 Å². The van der Waals surface area contributed by atoms with Gasteiger partial charge in [0.05, 0.1) is 11.4 Å². The highest BCUT2D eigenvalue weighted by Gasteiger charge is 2.49. The number of carbonyl (C=O) groups is 2. The fraction of sp³-hybridized carbons (Fsp3) is 0.636. The molecule has 1 spiro atoms. The van der Waals surface area contributed by atoms with Crippen molar-refractivity contribution < 1.29 is 9.59 Å². The number of fused-ring (bicyclic) bond motifs is 1. The average molecular weight is 387 g/mol. The summed E-state index contributed by atoms with van der Waals surface area (Å²) in [5, 5.41) is 6.42. The number of rotatable bonds is 6. The van der Waals surface area contributed by atoms with Gasteiger partial charge in [-0.15, -0.1) is 0 Å². The number of likely N-dealkylation sites (N-methyl/N-ethyl adjacent to an activating group) is 1. The molecule has 6 nitrogen and oxygen atoms in total. The number of carbonyl (C=O) groups excluding carboxylic acids is 2. The maximum atomic E-state index is 13.7. The molecule has 0 aliphatic carbocycles. The Kier molecular flexibility index (Phi) is 6.28. The van der Waals surface area contributed by atoms with Crippen LogP contribution in [0.5, 0.6) is 0 Å². The first kappa shape index (κ1) is 20.6. The summed E-state index contributed by atoms with van der Waals surface area (Å²) in [4.78, 5) is 30.4. The molecule has 0 bridgehead atoms. The predicted molar refractivity (Wildman–Crippen MR) is 114 cm³/mol. The maximum Gasteiger partial charge on any atom is 0.253 e. The van der Waals surface area contributed by atoms with Gasteiger partial charge in [-0.05, 0) is 44.7 Å². The van der Waals surface area contributed by atoms with Crippen LogP contribution in [0.15, 0.2) is 24.3 Å². The molecule has 2 aliphatic rings. The lowest BCUT2D eigenvalue weighted by Crippen LogP contribution is -2.65. The summed E-state index contributed by atoms with van der Waals surface area (Å²) in [6, 6.07) is 7.28. The third-order valence-corrected chi connectivity index (χ3v) is 6.26. The highest BCUT2D eigenvalue weighted by Crippen LogP contribution is 2.41. The number of amides is 2. The number of benzene rings is 1. The molecular formula is C22H34N4O2.